The van der Waals surface area contributed by atoms with Gasteiger partial charge in [0.25, 0.3) is 0 Å². The second-order valence-electron chi connectivity index (χ2n) is 12.1. The third-order valence-electron chi connectivity index (χ3n) is 9.77. The quantitative estimate of drug-likeness (QED) is 0.280. The lowest BCUT2D eigenvalue weighted by atomic mass is 9.67. The topological polar surface area (TPSA) is 18.5 Å². The van der Waals surface area contributed by atoms with E-state index in [0.29, 0.717) is 30.6 Å². The molecule has 1 heterocycles. The van der Waals surface area contributed by atoms with E-state index in [4.69, 9.17) is 9.47 Å². The van der Waals surface area contributed by atoms with Crippen LogP contribution >= 0.6 is 0 Å². The largest absolute Gasteiger partial charge is 0.491 e. The van der Waals surface area contributed by atoms with Crippen LogP contribution in [0, 0.1) is 41.2 Å². The average Bonchev–Trinajstić information content (AvgIpc) is 2.92. The second-order valence-corrected chi connectivity index (χ2v) is 12.1. The van der Waals surface area contributed by atoms with Crippen LogP contribution in [0.5, 0.6) is 5.75 Å². The van der Waals surface area contributed by atoms with Gasteiger partial charge in [-0.05, 0) is 112 Å². The summed E-state index contributed by atoms with van der Waals surface area (Å²) in [5.41, 5.74) is 0.450. The molecular formula is C32H50F2O2. The molecule has 1 aliphatic heterocycles. The summed E-state index contributed by atoms with van der Waals surface area (Å²) in [7, 11) is 0. The van der Waals surface area contributed by atoms with Crippen molar-refractivity contribution in [3.63, 3.8) is 0 Å². The Kier molecular flexibility index (Phi) is 10.9. The van der Waals surface area contributed by atoms with Crippen molar-refractivity contribution in [2.75, 3.05) is 13.2 Å². The van der Waals surface area contributed by atoms with Crippen molar-refractivity contribution in [2.45, 2.75) is 123 Å². The highest BCUT2D eigenvalue weighted by atomic mass is 19.2. The molecule has 4 heteroatoms. The average molecular weight is 505 g/mol. The smallest absolute Gasteiger partial charge is 0.200 e. The van der Waals surface area contributed by atoms with Crippen LogP contribution in [0.2, 0.25) is 0 Å². The Morgan fingerprint density at radius 3 is 2.06 bits per heavy atom. The van der Waals surface area contributed by atoms with Crippen molar-refractivity contribution in [3.05, 3.63) is 29.3 Å². The second kappa shape index (κ2) is 14.1. The van der Waals surface area contributed by atoms with Crippen LogP contribution in [0.25, 0.3) is 0 Å². The van der Waals surface area contributed by atoms with Crippen LogP contribution in [0.3, 0.4) is 0 Å². The molecule has 204 valence electrons. The Morgan fingerprint density at radius 2 is 1.42 bits per heavy atom. The minimum absolute atomic E-state index is 0.00685. The van der Waals surface area contributed by atoms with E-state index in [9.17, 15) is 8.78 Å². The molecule has 0 spiro atoms. The van der Waals surface area contributed by atoms with Crippen molar-refractivity contribution < 1.29 is 18.3 Å². The summed E-state index contributed by atoms with van der Waals surface area (Å²) in [6, 6.07) is 3.23. The molecule has 1 aromatic carbocycles. The predicted molar refractivity (Wildman–Crippen MR) is 143 cm³/mol. The van der Waals surface area contributed by atoms with Gasteiger partial charge >= 0.3 is 0 Å². The van der Waals surface area contributed by atoms with Gasteiger partial charge in [0.15, 0.2) is 11.6 Å². The monoisotopic (exact) mass is 504 g/mol. The maximum Gasteiger partial charge on any atom is 0.200 e. The van der Waals surface area contributed by atoms with Crippen molar-refractivity contribution in [2.24, 2.45) is 29.6 Å². The fraction of sp³-hybridized carbons (Fsp3) is 0.812. The molecule has 2 atom stereocenters. The molecule has 36 heavy (non-hydrogen) atoms. The molecule has 3 aliphatic rings. The molecule has 0 N–H and O–H groups in total. The van der Waals surface area contributed by atoms with Crippen LogP contribution in [0.15, 0.2) is 12.1 Å². The van der Waals surface area contributed by atoms with E-state index in [2.05, 4.69) is 6.92 Å². The Hall–Kier alpha value is -1.16. The zero-order valence-corrected chi connectivity index (χ0v) is 22.9. The summed E-state index contributed by atoms with van der Waals surface area (Å²) in [6.07, 6.45) is 21.2. The Morgan fingerprint density at radius 1 is 0.750 bits per heavy atom. The number of rotatable bonds is 11. The minimum Gasteiger partial charge on any atom is -0.491 e. The van der Waals surface area contributed by atoms with Gasteiger partial charge in [-0.3, -0.25) is 0 Å². The highest BCUT2D eigenvalue weighted by Crippen LogP contribution is 2.44. The number of unbranched alkanes of at least 4 members (excludes halogenated alkanes) is 2. The lowest BCUT2D eigenvalue weighted by Crippen LogP contribution is -2.35. The Labute approximate surface area is 218 Å². The van der Waals surface area contributed by atoms with Gasteiger partial charge in [0, 0.05) is 6.61 Å². The zero-order chi connectivity index (χ0) is 25.3. The van der Waals surface area contributed by atoms with Crippen LogP contribution in [0.1, 0.15) is 116 Å². The lowest BCUT2D eigenvalue weighted by molar-refractivity contribution is -0.0617. The maximum absolute atomic E-state index is 14.4. The zero-order valence-electron chi connectivity index (χ0n) is 22.9. The maximum atomic E-state index is 14.4. The molecule has 2 unspecified atom stereocenters. The molecule has 2 aliphatic carbocycles. The van der Waals surface area contributed by atoms with Crippen molar-refractivity contribution in [3.8, 4) is 5.75 Å². The number of benzene rings is 1. The number of halogens is 2. The minimum atomic E-state index is -0.857. The van der Waals surface area contributed by atoms with Crippen LogP contribution in [0.4, 0.5) is 8.78 Å². The van der Waals surface area contributed by atoms with Crippen LogP contribution < -0.4 is 4.74 Å². The third kappa shape index (κ3) is 7.45. The number of hydrogen-bond acceptors (Lipinski definition) is 2. The van der Waals surface area contributed by atoms with Gasteiger partial charge in [-0.1, -0.05) is 51.5 Å². The van der Waals surface area contributed by atoms with Crippen molar-refractivity contribution in [1.82, 2.24) is 0 Å². The highest BCUT2D eigenvalue weighted by Gasteiger charge is 2.35. The number of ether oxygens (including phenoxy) is 2. The first-order valence-corrected chi connectivity index (χ1v) is 15.3. The van der Waals surface area contributed by atoms with E-state index in [1.54, 1.807) is 19.1 Å². The van der Waals surface area contributed by atoms with Crippen LogP contribution in [-0.2, 0) is 11.2 Å². The van der Waals surface area contributed by atoms with Gasteiger partial charge in [-0.2, -0.15) is 4.39 Å². The molecule has 1 aromatic rings. The summed E-state index contributed by atoms with van der Waals surface area (Å²) in [6.45, 7) is 5.18. The molecule has 1 saturated heterocycles. The van der Waals surface area contributed by atoms with Crippen molar-refractivity contribution in [1.29, 1.82) is 0 Å². The molecular weight excluding hydrogens is 454 g/mol. The van der Waals surface area contributed by atoms with Gasteiger partial charge in [0.1, 0.15) is 0 Å². The molecule has 3 fully saturated rings. The molecule has 2 saturated carbocycles. The van der Waals surface area contributed by atoms with Gasteiger partial charge in [-0.25, -0.2) is 4.39 Å². The normalized spacial score (nSPS) is 31.3. The number of hydrogen-bond donors (Lipinski definition) is 0. The lowest BCUT2D eigenvalue weighted by Gasteiger charge is -2.41. The molecule has 0 aromatic heterocycles. The Bertz CT molecular complexity index is 773. The number of aryl methyl sites for hydroxylation is 1. The van der Waals surface area contributed by atoms with E-state index in [0.717, 1.165) is 49.5 Å². The molecule has 4 rings (SSSR count). The first-order chi connectivity index (χ1) is 17.6. The first-order valence-electron chi connectivity index (χ1n) is 15.3. The first kappa shape index (κ1) is 27.9. The van der Waals surface area contributed by atoms with Gasteiger partial charge in [0.2, 0.25) is 5.82 Å². The molecule has 0 bridgehead atoms. The fourth-order valence-electron chi connectivity index (χ4n) is 7.44. The highest BCUT2D eigenvalue weighted by molar-refractivity contribution is 5.31. The van der Waals surface area contributed by atoms with E-state index >= 15 is 0 Å². The Balaban J connectivity index is 1.13. The molecule has 2 nitrogen and oxygen atoms in total. The molecule has 0 radical (unpaired) electrons. The fourth-order valence-corrected chi connectivity index (χ4v) is 7.44. The summed E-state index contributed by atoms with van der Waals surface area (Å²) < 4.78 is 40.1. The van der Waals surface area contributed by atoms with E-state index in [1.807, 2.05) is 0 Å². The summed E-state index contributed by atoms with van der Waals surface area (Å²) in [4.78, 5) is 0. The third-order valence-corrected chi connectivity index (χ3v) is 9.77. The summed E-state index contributed by atoms with van der Waals surface area (Å²) >= 11 is 0. The van der Waals surface area contributed by atoms with Gasteiger partial charge in [0.05, 0.1) is 12.7 Å². The predicted octanol–water partition coefficient (Wildman–Crippen LogP) is 9.28. The van der Waals surface area contributed by atoms with Gasteiger partial charge < -0.3 is 9.47 Å². The summed E-state index contributed by atoms with van der Waals surface area (Å²) in [5, 5.41) is 0. The standard InChI is InChI=1S/C32H50F2O2/c1-3-5-6-7-23-8-12-25(13-9-23)26-15-17-27(18-16-26)29-20-11-24(22-36-29)10-14-28-19-21-30(35-4-2)32(34)31(28)33/h19,21,23-27,29H,3-18,20,22H2,1-2H3. The van der Waals surface area contributed by atoms with E-state index in [1.165, 1.54) is 77.0 Å². The van der Waals surface area contributed by atoms with E-state index in [-0.39, 0.29) is 5.75 Å². The summed E-state index contributed by atoms with van der Waals surface area (Å²) in [5.74, 6) is 2.52. The SMILES string of the molecule is CCCCCC1CCC(C2CCC(C3CCC(CCc4ccc(OCC)c(F)c4F)CO3)CC2)CC1. The van der Waals surface area contributed by atoms with Crippen LogP contribution in [-0.4, -0.2) is 19.3 Å². The van der Waals surface area contributed by atoms with Gasteiger partial charge in [-0.15, -0.1) is 0 Å². The van der Waals surface area contributed by atoms with E-state index < -0.39 is 11.6 Å². The molecule has 0 amide bonds. The van der Waals surface area contributed by atoms with Crippen molar-refractivity contribution >= 4 is 0 Å².